The molecule has 8 heteroatoms. The van der Waals surface area contributed by atoms with Gasteiger partial charge in [-0.1, -0.05) is 12.1 Å². The number of hydrogen-bond acceptors (Lipinski definition) is 6. The Morgan fingerprint density at radius 2 is 1.78 bits per heavy atom. The Kier molecular flexibility index (Phi) is 3.97. The number of H-pyrrole nitrogens is 1. The maximum Gasteiger partial charge on any atom is 0.192 e. The summed E-state index contributed by atoms with van der Waals surface area (Å²) in [4.78, 5) is 8.78. The second kappa shape index (κ2) is 6.33. The van der Waals surface area contributed by atoms with E-state index < -0.39 is 6.23 Å². The van der Waals surface area contributed by atoms with Gasteiger partial charge in [0, 0.05) is 18.2 Å². The van der Waals surface area contributed by atoms with E-state index in [1.807, 2.05) is 24.3 Å². The lowest BCUT2D eigenvalue weighted by Gasteiger charge is -2.24. The number of amidine groups is 1. The third-order valence-corrected chi connectivity index (χ3v) is 4.46. The Labute approximate surface area is 154 Å². The van der Waals surface area contributed by atoms with Crippen LogP contribution in [0.4, 0.5) is 5.69 Å². The van der Waals surface area contributed by atoms with E-state index in [2.05, 4.69) is 9.97 Å². The molecule has 0 saturated carbocycles. The van der Waals surface area contributed by atoms with Gasteiger partial charge in [-0.15, -0.1) is 0 Å². The maximum atomic E-state index is 10.6. The van der Waals surface area contributed by atoms with Crippen molar-refractivity contribution in [3.63, 3.8) is 0 Å². The molecule has 138 valence electrons. The summed E-state index contributed by atoms with van der Waals surface area (Å²) in [5, 5.41) is 29.6. The number of fused-ring (bicyclic) bond motifs is 1. The third kappa shape index (κ3) is 2.67. The minimum Gasteiger partial charge on any atom is -0.507 e. The van der Waals surface area contributed by atoms with E-state index >= 15 is 0 Å². The molecule has 0 amide bonds. The normalized spacial score (nSPS) is 17.1. The van der Waals surface area contributed by atoms with Crippen molar-refractivity contribution in [2.45, 2.75) is 6.23 Å². The molecular weight excluding hydrogens is 348 g/mol. The van der Waals surface area contributed by atoms with Gasteiger partial charge >= 0.3 is 0 Å². The number of imidazole rings is 1. The lowest BCUT2D eigenvalue weighted by atomic mass is 10.2. The average molecular weight is 366 g/mol. The van der Waals surface area contributed by atoms with E-state index in [1.165, 1.54) is 19.1 Å². The first-order chi connectivity index (χ1) is 13.0. The molecule has 4 rings (SSSR count). The van der Waals surface area contributed by atoms with Gasteiger partial charge in [0.1, 0.15) is 28.7 Å². The van der Waals surface area contributed by atoms with Crippen molar-refractivity contribution >= 4 is 28.1 Å². The predicted molar refractivity (Wildman–Crippen MR) is 101 cm³/mol. The van der Waals surface area contributed by atoms with Crippen LogP contribution in [0.2, 0.25) is 0 Å². The zero-order valence-corrected chi connectivity index (χ0v) is 14.7. The van der Waals surface area contributed by atoms with Crippen LogP contribution in [0, 0.1) is 5.41 Å². The molecule has 0 fully saturated rings. The minimum atomic E-state index is -1.42. The topological polar surface area (TPSA) is 115 Å². The van der Waals surface area contributed by atoms with E-state index in [9.17, 15) is 10.2 Å². The van der Waals surface area contributed by atoms with Crippen molar-refractivity contribution in [3.8, 4) is 11.5 Å². The van der Waals surface area contributed by atoms with E-state index in [0.717, 1.165) is 5.52 Å². The van der Waals surface area contributed by atoms with E-state index in [1.54, 1.807) is 18.2 Å². The fraction of sp³-hybridized carbons (Fsp3) is 0.158. The molecule has 8 nitrogen and oxygen atoms in total. The lowest BCUT2D eigenvalue weighted by molar-refractivity contribution is 0.168. The SMILES string of the molecule is COc1cc(OC)cc(N2C(=N)C(c3nc4ccccc4[nH]3)=C(O)C2O)c1. The van der Waals surface area contributed by atoms with Gasteiger partial charge in [-0.3, -0.25) is 10.3 Å². The van der Waals surface area contributed by atoms with Crippen molar-refractivity contribution in [2.75, 3.05) is 19.1 Å². The highest BCUT2D eigenvalue weighted by Crippen LogP contribution is 2.37. The average Bonchev–Trinajstić information content (AvgIpc) is 3.19. The Bertz CT molecular complexity index is 1020. The first-order valence-electron chi connectivity index (χ1n) is 8.21. The van der Waals surface area contributed by atoms with Crippen molar-refractivity contribution < 1.29 is 19.7 Å². The zero-order chi connectivity index (χ0) is 19.1. The van der Waals surface area contributed by atoms with Crippen molar-refractivity contribution in [1.82, 2.24) is 9.97 Å². The number of hydrogen-bond donors (Lipinski definition) is 4. The molecule has 0 aliphatic carbocycles. The number of anilines is 1. The summed E-state index contributed by atoms with van der Waals surface area (Å²) in [7, 11) is 3.03. The fourth-order valence-corrected chi connectivity index (χ4v) is 3.12. The Balaban J connectivity index is 1.78. The third-order valence-electron chi connectivity index (χ3n) is 4.46. The first kappa shape index (κ1) is 16.9. The number of nitrogens with zero attached hydrogens (tertiary/aromatic N) is 2. The van der Waals surface area contributed by atoms with Crippen LogP contribution in [0.3, 0.4) is 0 Å². The van der Waals surface area contributed by atoms with Crippen LogP contribution in [0.25, 0.3) is 16.6 Å². The quantitative estimate of drug-likeness (QED) is 0.564. The molecule has 0 radical (unpaired) electrons. The number of nitrogens with one attached hydrogen (secondary N) is 2. The number of para-hydroxylation sites is 2. The summed E-state index contributed by atoms with van der Waals surface area (Å²) in [6.07, 6.45) is -1.42. The molecule has 2 aromatic carbocycles. The van der Waals surface area contributed by atoms with Crippen molar-refractivity contribution in [1.29, 1.82) is 5.41 Å². The van der Waals surface area contributed by atoms with Gasteiger partial charge in [0.15, 0.2) is 12.0 Å². The number of aromatic nitrogens is 2. The Morgan fingerprint density at radius 1 is 1.11 bits per heavy atom. The monoisotopic (exact) mass is 366 g/mol. The second-order valence-electron chi connectivity index (χ2n) is 6.03. The molecule has 1 unspecified atom stereocenters. The van der Waals surface area contributed by atoms with Crippen LogP contribution < -0.4 is 14.4 Å². The molecule has 0 bridgehead atoms. The largest absolute Gasteiger partial charge is 0.507 e. The van der Waals surface area contributed by atoms with Gasteiger partial charge < -0.3 is 24.7 Å². The Morgan fingerprint density at radius 3 is 2.41 bits per heavy atom. The number of methoxy groups -OCH3 is 2. The minimum absolute atomic E-state index is 0.0886. The molecule has 0 saturated heterocycles. The molecule has 1 aromatic heterocycles. The van der Waals surface area contributed by atoms with Crippen LogP contribution in [-0.2, 0) is 0 Å². The standard InChI is InChI=1S/C19H18N4O4/c1-26-11-7-10(8-12(9-11)27-2)23-17(20)15(16(24)19(23)25)18-21-13-5-3-4-6-14(13)22-18/h3-9,19-20,24-25H,1-2H3,(H,21,22). The second-order valence-corrected chi connectivity index (χ2v) is 6.03. The molecule has 27 heavy (non-hydrogen) atoms. The van der Waals surface area contributed by atoms with Crippen LogP contribution in [0.15, 0.2) is 48.2 Å². The number of aliphatic hydroxyl groups is 2. The molecular formula is C19H18N4O4. The zero-order valence-electron chi connectivity index (χ0n) is 14.7. The van der Waals surface area contributed by atoms with E-state index in [4.69, 9.17) is 14.9 Å². The molecule has 1 atom stereocenters. The van der Waals surface area contributed by atoms with Gasteiger partial charge in [0.05, 0.1) is 30.9 Å². The summed E-state index contributed by atoms with van der Waals surface area (Å²) in [5.41, 5.74) is 2.06. The molecule has 0 spiro atoms. The number of benzene rings is 2. The fourth-order valence-electron chi connectivity index (χ4n) is 3.12. The lowest BCUT2D eigenvalue weighted by Crippen LogP contribution is -2.35. The maximum absolute atomic E-state index is 10.6. The number of ether oxygens (including phenoxy) is 2. The van der Waals surface area contributed by atoms with E-state index in [-0.39, 0.29) is 17.2 Å². The van der Waals surface area contributed by atoms with E-state index in [0.29, 0.717) is 28.5 Å². The molecule has 2 heterocycles. The molecule has 3 aromatic rings. The molecule has 1 aliphatic rings. The summed E-state index contributed by atoms with van der Waals surface area (Å²) < 4.78 is 10.5. The van der Waals surface area contributed by atoms with Crippen LogP contribution in [0.5, 0.6) is 11.5 Å². The van der Waals surface area contributed by atoms with Gasteiger partial charge in [-0.25, -0.2) is 4.98 Å². The molecule has 4 N–H and O–H groups in total. The first-order valence-corrected chi connectivity index (χ1v) is 8.21. The van der Waals surface area contributed by atoms with Crippen LogP contribution in [0.1, 0.15) is 5.82 Å². The number of aromatic amines is 1. The Hall–Kier alpha value is -3.52. The van der Waals surface area contributed by atoms with Gasteiger partial charge in [0.2, 0.25) is 0 Å². The van der Waals surface area contributed by atoms with Gasteiger partial charge in [-0.05, 0) is 12.1 Å². The van der Waals surface area contributed by atoms with Gasteiger partial charge in [-0.2, -0.15) is 0 Å². The summed E-state index contributed by atoms with van der Waals surface area (Å²) in [5.74, 6) is 0.882. The van der Waals surface area contributed by atoms with Crippen molar-refractivity contribution in [3.05, 3.63) is 54.0 Å². The van der Waals surface area contributed by atoms with Gasteiger partial charge in [0.25, 0.3) is 0 Å². The van der Waals surface area contributed by atoms with Crippen LogP contribution in [-0.4, -0.2) is 46.5 Å². The number of aliphatic hydroxyl groups excluding tert-OH is 2. The summed E-state index contributed by atoms with van der Waals surface area (Å²) in [6.45, 7) is 0. The predicted octanol–water partition coefficient (Wildman–Crippen LogP) is 2.67. The summed E-state index contributed by atoms with van der Waals surface area (Å²) >= 11 is 0. The summed E-state index contributed by atoms with van der Waals surface area (Å²) in [6, 6.07) is 12.4. The highest BCUT2D eigenvalue weighted by molar-refractivity contribution is 6.30. The highest BCUT2D eigenvalue weighted by Gasteiger charge is 2.39. The smallest absolute Gasteiger partial charge is 0.192 e. The molecule has 1 aliphatic heterocycles. The van der Waals surface area contributed by atoms with Crippen molar-refractivity contribution in [2.24, 2.45) is 0 Å². The number of rotatable bonds is 4. The van der Waals surface area contributed by atoms with Crippen LogP contribution >= 0.6 is 0 Å². The highest BCUT2D eigenvalue weighted by atomic mass is 16.5.